The highest BCUT2D eigenvalue weighted by molar-refractivity contribution is 5.00. The van der Waals surface area contributed by atoms with Gasteiger partial charge in [-0.2, -0.15) is 0 Å². The molecule has 0 amide bonds. The van der Waals surface area contributed by atoms with E-state index in [0.717, 1.165) is 0 Å². The molecule has 2 aliphatic rings. The van der Waals surface area contributed by atoms with Crippen LogP contribution in [0.5, 0.6) is 0 Å². The topological polar surface area (TPSA) is 71.5 Å². The molecule has 5 nitrogen and oxygen atoms in total. The summed E-state index contributed by atoms with van der Waals surface area (Å²) >= 11 is 0. The zero-order valence-corrected chi connectivity index (χ0v) is 6.71. The first-order valence-electron chi connectivity index (χ1n) is 3.90. The van der Waals surface area contributed by atoms with E-state index < -0.39 is 18.5 Å². The molecule has 0 radical (unpaired) electrons. The van der Waals surface area contributed by atoms with Crippen molar-refractivity contribution in [2.75, 3.05) is 13.7 Å². The van der Waals surface area contributed by atoms with Crippen molar-refractivity contribution in [1.29, 1.82) is 0 Å². The maximum atomic E-state index is 9.43. The Morgan fingerprint density at radius 1 is 1.33 bits per heavy atom. The van der Waals surface area contributed by atoms with Gasteiger partial charge in [0.1, 0.15) is 24.4 Å². The number of epoxide rings is 1. The normalized spacial score (nSPS) is 51.8. The number of aliphatic hydroxyl groups excluding tert-OH is 2. The lowest BCUT2D eigenvalue weighted by Crippen LogP contribution is -2.47. The molecule has 0 saturated carbocycles. The number of methoxy groups -OCH3 is 1. The number of aliphatic hydroxyl groups is 2. The van der Waals surface area contributed by atoms with E-state index in [-0.39, 0.29) is 18.8 Å². The van der Waals surface area contributed by atoms with Gasteiger partial charge >= 0.3 is 0 Å². The van der Waals surface area contributed by atoms with E-state index in [9.17, 15) is 5.11 Å². The van der Waals surface area contributed by atoms with Crippen LogP contribution in [0.3, 0.4) is 0 Å². The van der Waals surface area contributed by atoms with E-state index in [1.807, 2.05) is 0 Å². The van der Waals surface area contributed by atoms with Crippen LogP contribution in [-0.2, 0) is 14.2 Å². The maximum absolute atomic E-state index is 9.43. The highest BCUT2D eigenvalue weighted by Crippen LogP contribution is 2.37. The molecule has 2 N–H and O–H groups in total. The van der Waals surface area contributed by atoms with Crippen molar-refractivity contribution in [3.63, 3.8) is 0 Å². The van der Waals surface area contributed by atoms with Gasteiger partial charge in [-0.3, -0.25) is 0 Å². The Bertz CT molecular complexity index is 173. The molecular formula is C7H12O5. The third-order valence-corrected chi connectivity index (χ3v) is 2.27. The molecule has 2 aliphatic heterocycles. The van der Waals surface area contributed by atoms with Crippen LogP contribution in [0, 0.1) is 0 Å². The van der Waals surface area contributed by atoms with Crippen molar-refractivity contribution >= 4 is 0 Å². The van der Waals surface area contributed by atoms with Gasteiger partial charge in [-0.15, -0.1) is 0 Å². The molecule has 1 unspecified atom stereocenters. The first kappa shape index (κ1) is 8.40. The Balaban J connectivity index is 2.01. The van der Waals surface area contributed by atoms with Crippen molar-refractivity contribution in [2.24, 2.45) is 0 Å². The molecule has 0 aromatic heterocycles. The summed E-state index contributed by atoms with van der Waals surface area (Å²) in [6, 6.07) is 0. The monoisotopic (exact) mass is 176 g/mol. The van der Waals surface area contributed by atoms with Crippen LogP contribution in [0.2, 0.25) is 0 Å². The highest BCUT2D eigenvalue weighted by atomic mass is 16.7. The zero-order valence-electron chi connectivity index (χ0n) is 6.71. The zero-order chi connectivity index (χ0) is 8.72. The van der Waals surface area contributed by atoms with Crippen LogP contribution in [0.15, 0.2) is 0 Å². The second kappa shape index (κ2) is 2.93. The summed E-state index contributed by atoms with van der Waals surface area (Å²) in [5.74, 6) is 0. The van der Waals surface area contributed by atoms with Crippen molar-refractivity contribution in [1.82, 2.24) is 0 Å². The molecule has 2 heterocycles. The van der Waals surface area contributed by atoms with Crippen LogP contribution in [0.1, 0.15) is 0 Å². The Labute approximate surface area is 69.8 Å². The summed E-state index contributed by atoms with van der Waals surface area (Å²) in [6.45, 7) is -0.215. The van der Waals surface area contributed by atoms with E-state index in [2.05, 4.69) is 0 Å². The van der Waals surface area contributed by atoms with Gasteiger partial charge in [-0.25, -0.2) is 0 Å². The predicted molar refractivity (Wildman–Crippen MR) is 37.4 cm³/mol. The van der Waals surface area contributed by atoms with Gasteiger partial charge in [0, 0.05) is 7.11 Å². The average molecular weight is 176 g/mol. The lowest BCUT2D eigenvalue weighted by atomic mass is 10.1. The third kappa shape index (κ3) is 1.14. The SMILES string of the molecule is COC1O[C@H](CO)[C@@H](O)[C@@H]2O[C@H]12. The van der Waals surface area contributed by atoms with E-state index >= 15 is 0 Å². The van der Waals surface area contributed by atoms with Crippen molar-refractivity contribution in [3.8, 4) is 0 Å². The van der Waals surface area contributed by atoms with Crippen LogP contribution >= 0.6 is 0 Å². The Kier molecular flexibility index (Phi) is 2.05. The highest BCUT2D eigenvalue weighted by Gasteiger charge is 2.57. The lowest BCUT2D eigenvalue weighted by molar-refractivity contribution is -0.207. The molecular weight excluding hydrogens is 164 g/mol. The van der Waals surface area contributed by atoms with Crippen LogP contribution < -0.4 is 0 Å². The van der Waals surface area contributed by atoms with Crippen LogP contribution in [0.25, 0.3) is 0 Å². The number of rotatable bonds is 2. The minimum absolute atomic E-state index is 0.159. The second-order valence-electron chi connectivity index (χ2n) is 3.02. The first-order valence-corrected chi connectivity index (χ1v) is 3.90. The number of hydrogen-bond donors (Lipinski definition) is 2. The second-order valence-corrected chi connectivity index (χ2v) is 3.02. The van der Waals surface area contributed by atoms with E-state index in [4.69, 9.17) is 19.3 Å². The number of fused-ring (bicyclic) bond motifs is 1. The maximum Gasteiger partial charge on any atom is 0.186 e. The quantitative estimate of drug-likeness (QED) is 0.500. The lowest BCUT2D eigenvalue weighted by Gasteiger charge is -2.28. The number of ether oxygens (including phenoxy) is 3. The van der Waals surface area contributed by atoms with E-state index in [1.165, 1.54) is 7.11 Å². The summed E-state index contributed by atoms with van der Waals surface area (Å²) < 4.78 is 15.3. The van der Waals surface area contributed by atoms with E-state index in [0.29, 0.717) is 0 Å². The summed E-state index contributed by atoms with van der Waals surface area (Å²) in [6.07, 6.45) is -2.14. The summed E-state index contributed by atoms with van der Waals surface area (Å²) in [5.41, 5.74) is 0. The molecule has 5 atom stereocenters. The van der Waals surface area contributed by atoms with Crippen molar-refractivity contribution in [2.45, 2.75) is 30.7 Å². The molecule has 2 fully saturated rings. The Morgan fingerprint density at radius 2 is 2.08 bits per heavy atom. The van der Waals surface area contributed by atoms with Gasteiger partial charge in [-0.05, 0) is 0 Å². The van der Waals surface area contributed by atoms with Gasteiger partial charge in [0.2, 0.25) is 0 Å². The Hall–Kier alpha value is -0.200. The van der Waals surface area contributed by atoms with Gasteiger partial charge < -0.3 is 24.4 Å². The first-order chi connectivity index (χ1) is 5.77. The molecule has 0 bridgehead atoms. The van der Waals surface area contributed by atoms with Crippen molar-refractivity contribution in [3.05, 3.63) is 0 Å². The summed E-state index contributed by atoms with van der Waals surface area (Å²) in [7, 11) is 1.51. The fraction of sp³-hybridized carbons (Fsp3) is 1.00. The molecule has 0 spiro atoms. The van der Waals surface area contributed by atoms with Crippen molar-refractivity contribution < 1.29 is 24.4 Å². The molecule has 2 rings (SSSR count). The molecule has 0 aromatic carbocycles. The fourth-order valence-electron chi connectivity index (χ4n) is 1.51. The summed E-state index contributed by atoms with van der Waals surface area (Å²) in [4.78, 5) is 0. The van der Waals surface area contributed by atoms with Gasteiger partial charge in [0.15, 0.2) is 6.29 Å². The minimum Gasteiger partial charge on any atom is -0.394 e. The van der Waals surface area contributed by atoms with Gasteiger partial charge in [-0.1, -0.05) is 0 Å². The smallest absolute Gasteiger partial charge is 0.186 e. The largest absolute Gasteiger partial charge is 0.394 e. The standard InChI is InChI=1S/C7H12O5/c1-10-7-6-5(12-6)4(9)3(2-8)11-7/h3-9H,2H2,1H3/t3-,4-,5+,6+,7?/m1/s1. The van der Waals surface area contributed by atoms with Crippen LogP contribution in [-0.4, -0.2) is 54.6 Å². The third-order valence-electron chi connectivity index (χ3n) is 2.27. The predicted octanol–water partition coefficient (Wildman–Crippen LogP) is -1.52. The summed E-state index contributed by atoms with van der Waals surface area (Å²) in [5, 5.41) is 18.2. The average Bonchev–Trinajstić information content (AvgIpc) is 2.85. The van der Waals surface area contributed by atoms with Gasteiger partial charge in [0.25, 0.3) is 0 Å². The molecule has 2 saturated heterocycles. The molecule has 12 heavy (non-hydrogen) atoms. The minimum atomic E-state index is -0.730. The van der Waals surface area contributed by atoms with Crippen LogP contribution in [0.4, 0.5) is 0 Å². The molecule has 0 aliphatic carbocycles. The molecule has 70 valence electrons. The molecule has 5 heteroatoms. The van der Waals surface area contributed by atoms with E-state index in [1.54, 1.807) is 0 Å². The number of hydrogen-bond acceptors (Lipinski definition) is 5. The van der Waals surface area contributed by atoms with Gasteiger partial charge in [0.05, 0.1) is 6.61 Å². The molecule has 0 aromatic rings. The fourth-order valence-corrected chi connectivity index (χ4v) is 1.51. The Morgan fingerprint density at radius 3 is 2.67 bits per heavy atom.